The van der Waals surface area contributed by atoms with E-state index in [1.54, 1.807) is 0 Å². The minimum absolute atomic E-state index is 0.646. The van der Waals surface area contributed by atoms with E-state index in [1.165, 1.54) is 5.56 Å². The highest BCUT2D eigenvalue weighted by Gasteiger charge is 2.09. The number of aromatic nitrogens is 4. The van der Waals surface area contributed by atoms with Gasteiger partial charge in [-0.15, -0.1) is 5.10 Å². The van der Waals surface area contributed by atoms with Crippen LogP contribution in [0.5, 0.6) is 0 Å². The van der Waals surface area contributed by atoms with Crippen LogP contribution in [0, 0.1) is 6.92 Å². The number of rotatable bonds is 4. The molecule has 0 amide bonds. The molecule has 21 heavy (non-hydrogen) atoms. The van der Waals surface area contributed by atoms with Crippen LogP contribution in [-0.2, 0) is 6.54 Å². The van der Waals surface area contributed by atoms with Crippen molar-refractivity contribution >= 4 is 6.08 Å². The zero-order chi connectivity index (χ0) is 14.7. The number of aryl methyl sites for hydroxylation is 1. The van der Waals surface area contributed by atoms with Gasteiger partial charge < -0.3 is 0 Å². The Labute approximate surface area is 123 Å². The second-order valence-electron chi connectivity index (χ2n) is 4.97. The summed E-state index contributed by atoms with van der Waals surface area (Å²) in [6, 6.07) is 16.4. The van der Waals surface area contributed by atoms with Crippen molar-refractivity contribution in [3.63, 3.8) is 0 Å². The highest BCUT2D eigenvalue weighted by molar-refractivity contribution is 5.55. The van der Waals surface area contributed by atoms with Gasteiger partial charge in [-0.25, -0.2) is 4.68 Å². The first-order chi connectivity index (χ1) is 10.3. The third kappa shape index (κ3) is 2.89. The highest BCUT2D eigenvalue weighted by atomic mass is 15.5. The summed E-state index contributed by atoms with van der Waals surface area (Å²) in [5.74, 6) is 0.780. The van der Waals surface area contributed by atoms with Crippen LogP contribution in [0.3, 0.4) is 0 Å². The van der Waals surface area contributed by atoms with E-state index in [0.29, 0.717) is 6.54 Å². The predicted molar refractivity (Wildman–Crippen MR) is 83.6 cm³/mol. The van der Waals surface area contributed by atoms with Gasteiger partial charge in [0.1, 0.15) is 0 Å². The van der Waals surface area contributed by atoms with E-state index < -0.39 is 0 Å². The fourth-order valence-electron chi connectivity index (χ4n) is 2.15. The number of hydrogen-bond donors (Lipinski definition) is 0. The fourth-order valence-corrected chi connectivity index (χ4v) is 2.15. The van der Waals surface area contributed by atoms with E-state index in [9.17, 15) is 0 Å². The summed E-state index contributed by atoms with van der Waals surface area (Å²) in [5, 5.41) is 12.0. The standard InChI is InChI=1S/C17H16N4/c1-3-14-6-8-15(9-7-14)12-21-17(18-19-20-21)16-10-4-13(2)5-11-16/h3-11H,1,12H2,2H3. The normalized spacial score (nSPS) is 10.5. The van der Waals surface area contributed by atoms with E-state index in [-0.39, 0.29) is 0 Å². The SMILES string of the molecule is C=Cc1ccc(Cn2nnnc2-c2ccc(C)cc2)cc1. The van der Waals surface area contributed by atoms with E-state index >= 15 is 0 Å². The predicted octanol–water partition coefficient (Wildman–Crippen LogP) is 3.34. The summed E-state index contributed by atoms with van der Waals surface area (Å²) in [6.07, 6.45) is 1.83. The molecule has 104 valence electrons. The molecule has 4 heteroatoms. The molecule has 0 bridgehead atoms. The lowest BCUT2D eigenvalue weighted by molar-refractivity contribution is 0.653. The maximum Gasteiger partial charge on any atom is 0.182 e. The molecule has 0 aliphatic heterocycles. The molecule has 1 aromatic heterocycles. The summed E-state index contributed by atoms with van der Waals surface area (Å²) in [4.78, 5) is 0. The number of hydrogen-bond acceptors (Lipinski definition) is 3. The van der Waals surface area contributed by atoms with E-state index in [1.807, 2.05) is 35.0 Å². The lowest BCUT2D eigenvalue weighted by Crippen LogP contribution is -2.04. The van der Waals surface area contributed by atoms with Gasteiger partial charge in [0.05, 0.1) is 6.54 Å². The second kappa shape index (κ2) is 5.71. The van der Waals surface area contributed by atoms with Gasteiger partial charge in [-0.05, 0) is 28.5 Å². The topological polar surface area (TPSA) is 43.6 Å². The van der Waals surface area contributed by atoms with E-state index in [4.69, 9.17) is 0 Å². The maximum atomic E-state index is 4.13. The van der Waals surface area contributed by atoms with Crippen molar-refractivity contribution in [2.45, 2.75) is 13.5 Å². The number of benzene rings is 2. The molecule has 3 rings (SSSR count). The van der Waals surface area contributed by atoms with Crippen LogP contribution >= 0.6 is 0 Å². The zero-order valence-corrected chi connectivity index (χ0v) is 11.9. The van der Waals surface area contributed by atoms with E-state index in [2.05, 4.69) is 53.3 Å². The summed E-state index contributed by atoms with van der Waals surface area (Å²) in [7, 11) is 0. The molecule has 0 spiro atoms. The van der Waals surface area contributed by atoms with Gasteiger partial charge in [0.25, 0.3) is 0 Å². The van der Waals surface area contributed by atoms with Crippen molar-refractivity contribution in [3.8, 4) is 11.4 Å². The van der Waals surface area contributed by atoms with Crippen molar-refractivity contribution < 1.29 is 0 Å². The zero-order valence-electron chi connectivity index (χ0n) is 11.9. The third-order valence-electron chi connectivity index (χ3n) is 3.39. The Bertz CT molecular complexity index is 739. The molecule has 1 heterocycles. The summed E-state index contributed by atoms with van der Waals surface area (Å²) in [5.41, 5.74) is 4.50. The molecule has 2 aromatic carbocycles. The first kappa shape index (κ1) is 13.2. The number of tetrazole rings is 1. The van der Waals surface area contributed by atoms with Crippen LogP contribution in [0.4, 0.5) is 0 Å². The van der Waals surface area contributed by atoms with Gasteiger partial charge in [-0.2, -0.15) is 0 Å². The fraction of sp³-hybridized carbons (Fsp3) is 0.118. The molecule has 3 aromatic rings. The van der Waals surface area contributed by atoms with Gasteiger partial charge >= 0.3 is 0 Å². The maximum absolute atomic E-state index is 4.13. The van der Waals surface area contributed by atoms with Crippen LogP contribution < -0.4 is 0 Å². The third-order valence-corrected chi connectivity index (χ3v) is 3.39. The Balaban J connectivity index is 1.88. The molecule has 0 aliphatic rings. The van der Waals surface area contributed by atoms with Gasteiger partial charge in [-0.1, -0.05) is 66.7 Å². The van der Waals surface area contributed by atoms with E-state index in [0.717, 1.165) is 22.5 Å². The summed E-state index contributed by atoms with van der Waals surface area (Å²) < 4.78 is 1.81. The Hall–Kier alpha value is -2.75. The van der Waals surface area contributed by atoms with Crippen molar-refractivity contribution in [3.05, 3.63) is 71.8 Å². The Kier molecular flexibility index (Phi) is 3.60. The molecule has 0 atom stereocenters. The second-order valence-corrected chi connectivity index (χ2v) is 4.97. The van der Waals surface area contributed by atoms with Crippen molar-refractivity contribution in [2.24, 2.45) is 0 Å². The molecule has 0 radical (unpaired) electrons. The quantitative estimate of drug-likeness (QED) is 0.734. The number of nitrogens with zero attached hydrogens (tertiary/aromatic N) is 4. The lowest BCUT2D eigenvalue weighted by Gasteiger charge is -2.05. The van der Waals surface area contributed by atoms with Crippen LogP contribution in [0.15, 0.2) is 55.1 Å². The minimum Gasteiger partial charge on any atom is -0.221 e. The molecule has 0 saturated carbocycles. The van der Waals surface area contributed by atoms with Crippen LogP contribution in [0.25, 0.3) is 17.5 Å². The minimum atomic E-state index is 0.646. The first-order valence-electron chi connectivity index (χ1n) is 6.81. The Morgan fingerprint density at radius 1 is 1.05 bits per heavy atom. The smallest absolute Gasteiger partial charge is 0.182 e. The van der Waals surface area contributed by atoms with Gasteiger partial charge in [0.15, 0.2) is 5.82 Å². The average molecular weight is 276 g/mol. The van der Waals surface area contributed by atoms with Crippen molar-refractivity contribution in [1.29, 1.82) is 0 Å². The van der Waals surface area contributed by atoms with Crippen LogP contribution in [0.1, 0.15) is 16.7 Å². The molecular formula is C17H16N4. The molecule has 0 aliphatic carbocycles. The molecular weight excluding hydrogens is 260 g/mol. The molecule has 0 saturated heterocycles. The van der Waals surface area contributed by atoms with Crippen molar-refractivity contribution in [2.75, 3.05) is 0 Å². The lowest BCUT2D eigenvalue weighted by atomic mass is 10.1. The van der Waals surface area contributed by atoms with Crippen molar-refractivity contribution in [1.82, 2.24) is 20.2 Å². The molecule has 0 fully saturated rings. The largest absolute Gasteiger partial charge is 0.221 e. The van der Waals surface area contributed by atoms with Gasteiger partial charge in [-0.3, -0.25) is 0 Å². The molecule has 0 unspecified atom stereocenters. The molecule has 0 N–H and O–H groups in total. The first-order valence-corrected chi connectivity index (χ1v) is 6.81. The monoisotopic (exact) mass is 276 g/mol. The van der Waals surface area contributed by atoms with Crippen LogP contribution in [0.2, 0.25) is 0 Å². The van der Waals surface area contributed by atoms with Crippen LogP contribution in [-0.4, -0.2) is 20.2 Å². The van der Waals surface area contributed by atoms with Gasteiger partial charge in [0, 0.05) is 5.56 Å². The molecule has 4 nitrogen and oxygen atoms in total. The summed E-state index contributed by atoms with van der Waals surface area (Å²) >= 11 is 0. The summed E-state index contributed by atoms with van der Waals surface area (Å²) in [6.45, 7) is 6.47. The highest BCUT2D eigenvalue weighted by Crippen LogP contribution is 2.17. The Morgan fingerprint density at radius 3 is 2.43 bits per heavy atom. The Morgan fingerprint density at radius 2 is 1.76 bits per heavy atom. The van der Waals surface area contributed by atoms with Gasteiger partial charge in [0.2, 0.25) is 0 Å². The average Bonchev–Trinajstić information content (AvgIpc) is 2.97.